The average Bonchev–Trinajstić information content (AvgIpc) is 2.41. The van der Waals surface area contributed by atoms with Crippen molar-refractivity contribution in [2.45, 2.75) is 19.4 Å². The summed E-state index contributed by atoms with van der Waals surface area (Å²) in [5.41, 5.74) is 6.78. The van der Waals surface area contributed by atoms with Crippen molar-refractivity contribution in [3.05, 3.63) is 34.6 Å². The highest BCUT2D eigenvalue weighted by atomic mass is 35.5. The molecule has 1 aliphatic rings. The van der Waals surface area contributed by atoms with Crippen molar-refractivity contribution in [2.24, 2.45) is 5.73 Å². The van der Waals surface area contributed by atoms with Gasteiger partial charge in [0.1, 0.15) is 5.82 Å². The number of halogens is 2. The summed E-state index contributed by atoms with van der Waals surface area (Å²) in [4.78, 5) is 4.79. The van der Waals surface area contributed by atoms with E-state index in [2.05, 4.69) is 16.7 Å². The lowest BCUT2D eigenvalue weighted by Crippen LogP contribution is -2.49. The summed E-state index contributed by atoms with van der Waals surface area (Å²) >= 11 is 5.95. The van der Waals surface area contributed by atoms with Crippen molar-refractivity contribution in [3.63, 3.8) is 0 Å². The van der Waals surface area contributed by atoms with Crippen LogP contribution in [-0.4, -0.2) is 49.1 Å². The van der Waals surface area contributed by atoms with Gasteiger partial charge in [0.15, 0.2) is 0 Å². The van der Waals surface area contributed by atoms with Gasteiger partial charge in [-0.2, -0.15) is 0 Å². The smallest absolute Gasteiger partial charge is 0.125 e. The molecule has 0 radical (unpaired) electrons. The lowest BCUT2D eigenvalue weighted by Gasteiger charge is -2.39. The van der Waals surface area contributed by atoms with E-state index in [9.17, 15) is 4.39 Å². The Bertz CT molecular complexity index is 413. The molecule has 1 heterocycles. The van der Waals surface area contributed by atoms with E-state index in [-0.39, 0.29) is 11.9 Å². The summed E-state index contributed by atoms with van der Waals surface area (Å²) in [6, 6.07) is 4.74. The van der Waals surface area contributed by atoms with Gasteiger partial charge in [-0.1, -0.05) is 18.5 Å². The molecule has 2 N–H and O–H groups in total. The van der Waals surface area contributed by atoms with Crippen LogP contribution in [0.4, 0.5) is 4.39 Å². The Balaban J connectivity index is 2.05. The molecular formula is C15H23ClFN3. The first-order valence-electron chi connectivity index (χ1n) is 7.26. The average molecular weight is 300 g/mol. The molecule has 1 fully saturated rings. The summed E-state index contributed by atoms with van der Waals surface area (Å²) in [5.74, 6) is -0.296. The first-order chi connectivity index (χ1) is 9.63. The number of nitrogens with zero attached hydrogens (tertiary/aromatic N) is 2. The third kappa shape index (κ3) is 3.92. The Labute approximate surface area is 125 Å². The lowest BCUT2D eigenvalue weighted by molar-refractivity contribution is 0.0984. The molecule has 2 rings (SSSR count). The van der Waals surface area contributed by atoms with Gasteiger partial charge in [0.05, 0.1) is 0 Å². The van der Waals surface area contributed by atoms with Gasteiger partial charge in [-0.25, -0.2) is 4.39 Å². The Morgan fingerprint density at radius 2 is 1.95 bits per heavy atom. The standard InChI is InChI=1S/C15H23ClFN3/c1-2-3-19-4-6-20(7-5-19)15(11-18)12-8-13(16)10-14(17)9-12/h8-10,15H,2-7,11,18H2,1H3. The second-order valence-corrected chi connectivity index (χ2v) is 5.77. The Morgan fingerprint density at radius 3 is 2.50 bits per heavy atom. The van der Waals surface area contributed by atoms with Crippen LogP contribution < -0.4 is 5.73 Å². The molecule has 0 aromatic heterocycles. The fourth-order valence-corrected chi connectivity index (χ4v) is 3.11. The third-order valence-corrected chi connectivity index (χ3v) is 4.10. The fourth-order valence-electron chi connectivity index (χ4n) is 2.88. The molecule has 1 aliphatic heterocycles. The zero-order valence-electron chi connectivity index (χ0n) is 12.0. The summed E-state index contributed by atoms with van der Waals surface area (Å²) in [7, 11) is 0. The van der Waals surface area contributed by atoms with E-state index < -0.39 is 0 Å². The van der Waals surface area contributed by atoms with E-state index in [1.807, 2.05) is 6.07 Å². The highest BCUT2D eigenvalue weighted by Gasteiger charge is 2.24. The first-order valence-corrected chi connectivity index (χ1v) is 7.64. The van der Waals surface area contributed by atoms with Gasteiger partial charge in [-0.3, -0.25) is 4.90 Å². The fraction of sp³-hybridized carbons (Fsp3) is 0.600. The second kappa shape index (κ2) is 7.36. The quantitative estimate of drug-likeness (QED) is 0.907. The van der Waals surface area contributed by atoms with Gasteiger partial charge < -0.3 is 10.6 Å². The Morgan fingerprint density at radius 1 is 1.25 bits per heavy atom. The molecule has 1 saturated heterocycles. The van der Waals surface area contributed by atoms with Crippen LogP contribution >= 0.6 is 11.6 Å². The largest absolute Gasteiger partial charge is 0.329 e. The molecule has 0 aliphatic carbocycles. The number of rotatable bonds is 5. The van der Waals surface area contributed by atoms with Crippen LogP contribution in [0.15, 0.2) is 18.2 Å². The second-order valence-electron chi connectivity index (χ2n) is 5.33. The third-order valence-electron chi connectivity index (χ3n) is 3.88. The SMILES string of the molecule is CCCN1CCN(C(CN)c2cc(F)cc(Cl)c2)CC1. The van der Waals surface area contributed by atoms with Gasteiger partial charge in [0.2, 0.25) is 0 Å². The van der Waals surface area contributed by atoms with Crippen molar-refractivity contribution in [2.75, 3.05) is 39.3 Å². The molecule has 0 bridgehead atoms. The zero-order valence-corrected chi connectivity index (χ0v) is 12.7. The molecule has 1 aromatic rings. The summed E-state index contributed by atoms with van der Waals surface area (Å²) in [6.45, 7) is 7.86. The molecule has 1 atom stereocenters. The van der Waals surface area contributed by atoms with Gasteiger partial charge in [-0.05, 0) is 36.7 Å². The van der Waals surface area contributed by atoms with E-state index in [1.165, 1.54) is 12.5 Å². The zero-order chi connectivity index (χ0) is 14.5. The minimum Gasteiger partial charge on any atom is -0.329 e. The van der Waals surface area contributed by atoms with Crippen LogP contribution in [0, 0.1) is 5.82 Å². The van der Waals surface area contributed by atoms with Crippen molar-refractivity contribution >= 4 is 11.6 Å². The summed E-state index contributed by atoms with van der Waals surface area (Å²) < 4.78 is 13.5. The molecule has 0 spiro atoms. The van der Waals surface area contributed by atoms with Crippen LogP contribution in [0.1, 0.15) is 24.9 Å². The van der Waals surface area contributed by atoms with E-state index in [4.69, 9.17) is 17.3 Å². The number of hydrogen-bond acceptors (Lipinski definition) is 3. The maximum Gasteiger partial charge on any atom is 0.125 e. The highest BCUT2D eigenvalue weighted by Crippen LogP contribution is 2.25. The van der Waals surface area contributed by atoms with Crippen molar-refractivity contribution in [1.29, 1.82) is 0 Å². The van der Waals surface area contributed by atoms with Crippen LogP contribution in [0.25, 0.3) is 0 Å². The van der Waals surface area contributed by atoms with E-state index in [1.54, 1.807) is 6.07 Å². The molecule has 0 amide bonds. The monoisotopic (exact) mass is 299 g/mol. The van der Waals surface area contributed by atoms with Crippen LogP contribution in [-0.2, 0) is 0 Å². The predicted octanol–water partition coefficient (Wildman–Crippen LogP) is 2.51. The van der Waals surface area contributed by atoms with Gasteiger partial charge in [-0.15, -0.1) is 0 Å². The van der Waals surface area contributed by atoms with E-state index in [0.29, 0.717) is 11.6 Å². The topological polar surface area (TPSA) is 32.5 Å². The molecular weight excluding hydrogens is 277 g/mol. The molecule has 1 aromatic carbocycles. The van der Waals surface area contributed by atoms with Crippen molar-refractivity contribution in [3.8, 4) is 0 Å². The normalized spacial score (nSPS) is 19.2. The molecule has 112 valence electrons. The first kappa shape index (κ1) is 15.7. The van der Waals surface area contributed by atoms with Gasteiger partial charge >= 0.3 is 0 Å². The molecule has 3 nitrogen and oxygen atoms in total. The number of benzene rings is 1. The number of piperazine rings is 1. The van der Waals surface area contributed by atoms with Crippen molar-refractivity contribution < 1.29 is 4.39 Å². The van der Waals surface area contributed by atoms with Crippen LogP contribution in [0.2, 0.25) is 5.02 Å². The molecule has 20 heavy (non-hydrogen) atoms. The molecule has 0 saturated carbocycles. The van der Waals surface area contributed by atoms with E-state index >= 15 is 0 Å². The van der Waals surface area contributed by atoms with Crippen LogP contribution in [0.3, 0.4) is 0 Å². The minimum absolute atomic E-state index is 0.0481. The number of hydrogen-bond donors (Lipinski definition) is 1. The van der Waals surface area contributed by atoms with Crippen molar-refractivity contribution in [1.82, 2.24) is 9.80 Å². The highest BCUT2D eigenvalue weighted by molar-refractivity contribution is 6.30. The Kier molecular flexibility index (Phi) is 5.78. The predicted molar refractivity (Wildman–Crippen MR) is 81.5 cm³/mol. The maximum absolute atomic E-state index is 13.5. The molecule has 5 heteroatoms. The Hall–Kier alpha value is -0.680. The summed E-state index contributed by atoms with van der Waals surface area (Å²) in [5, 5.41) is 0.433. The maximum atomic E-state index is 13.5. The molecule has 1 unspecified atom stereocenters. The van der Waals surface area contributed by atoms with E-state index in [0.717, 1.165) is 38.3 Å². The van der Waals surface area contributed by atoms with Crippen LogP contribution in [0.5, 0.6) is 0 Å². The minimum atomic E-state index is -0.296. The lowest BCUT2D eigenvalue weighted by atomic mass is 10.0. The summed E-state index contributed by atoms with van der Waals surface area (Å²) in [6.07, 6.45) is 1.18. The number of nitrogens with two attached hydrogens (primary N) is 1. The van der Waals surface area contributed by atoms with Gasteiger partial charge in [0.25, 0.3) is 0 Å². The van der Waals surface area contributed by atoms with Gasteiger partial charge in [0, 0.05) is 43.8 Å².